The second-order valence-electron chi connectivity index (χ2n) is 8.34. The number of alkyl halides is 2. The van der Waals surface area contributed by atoms with Gasteiger partial charge in [0.05, 0.1) is 13.2 Å². The maximum atomic E-state index is 12.5. The number of halogens is 2. The minimum atomic E-state index is -1.21. The van der Waals surface area contributed by atoms with Crippen molar-refractivity contribution < 1.29 is 33.3 Å². The molecule has 0 heterocycles. The molecule has 0 radical (unpaired) electrons. The Morgan fingerprint density at radius 1 is 1.03 bits per heavy atom. The number of ether oxygens (including phenoxy) is 4. The number of benzene rings is 1. The van der Waals surface area contributed by atoms with Gasteiger partial charge in [-0.2, -0.15) is 0 Å². The Morgan fingerprint density at radius 2 is 1.66 bits per heavy atom. The summed E-state index contributed by atoms with van der Waals surface area (Å²) in [6.07, 6.45) is 1.63. The quantitative estimate of drug-likeness (QED) is 0.182. The van der Waals surface area contributed by atoms with E-state index in [0.717, 1.165) is 5.56 Å². The highest BCUT2D eigenvalue weighted by Gasteiger charge is 2.52. The van der Waals surface area contributed by atoms with Gasteiger partial charge in [0.1, 0.15) is 16.2 Å². The Hall–Kier alpha value is -1.99. The molecule has 0 saturated heterocycles. The van der Waals surface area contributed by atoms with Crippen LogP contribution in [-0.4, -0.2) is 47.2 Å². The molecule has 32 heavy (non-hydrogen) atoms. The van der Waals surface area contributed by atoms with Crippen LogP contribution in [0.2, 0.25) is 0 Å². The molecule has 0 aliphatic heterocycles. The molecular formula is C23H30Cl2O7. The lowest BCUT2D eigenvalue weighted by molar-refractivity contribution is -0.161. The minimum Gasteiger partial charge on any atom is -0.476 e. The van der Waals surface area contributed by atoms with Crippen molar-refractivity contribution in [1.29, 1.82) is 0 Å². The fraction of sp³-hybridized carbons (Fsp3) is 0.609. The van der Waals surface area contributed by atoms with Crippen LogP contribution in [0.4, 0.5) is 0 Å². The molecule has 0 amide bonds. The standard InChI is InChI=1S/C23H30Cl2O7/c1-15(26)29-12-5-6-18(31-16(2)27)11-13-30-21(28)22(3,4)32-19-9-7-17(8-10-19)20-14-23(20,24)25/h7-10,18,20H,5-6,11-14H2,1-4H3/t18-,20?/m1/s1. The average Bonchev–Trinajstić information content (AvgIpc) is 3.32. The van der Waals surface area contributed by atoms with E-state index in [1.54, 1.807) is 26.0 Å². The van der Waals surface area contributed by atoms with E-state index >= 15 is 0 Å². The lowest BCUT2D eigenvalue weighted by Gasteiger charge is -2.25. The van der Waals surface area contributed by atoms with Gasteiger partial charge in [0.25, 0.3) is 0 Å². The van der Waals surface area contributed by atoms with Crippen LogP contribution in [0.1, 0.15) is 64.9 Å². The van der Waals surface area contributed by atoms with E-state index in [0.29, 0.717) is 31.4 Å². The molecule has 7 nitrogen and oxygen atoms in total. The summed E-state index contributed by atoms with van der Waals surface area (Å²) in [5.41, 5.74) is -0.191. The number of carbonyl (C=O) groups is 3. The minimum absolute atomic E-state index is 0.0608. The Morgan fingerprint density at radius 3 is 2.19 bits per heavy atom. The monoisotopic (exact) mass is 488 g/mol. The molecule has 1 aliphatic carbocycles. The first-order chi connectivity index (χ1) is 14.9. The van der Waals surface area contributed by atoms with E-state index in [-0.39, 0.29) is 25.1 Å². The largest absolute Gasteiger partial charge is 0.476 e. The summed E-state index contributed by atoms with van der Waals surface area (Å²) in [5, 5.41) is 0. The van der Waals surface area contributed by atoms with Gasteiger partial charge in [0.2, 0.25) is 0 Å². The summed E-state index contributed by atoms with van der Waals surface area (Å²) < 4.78 is 20.6. The molecule has 9 heteroatoms. The first-order valence-corrected chi connectivity index (χ1v) is 11.3. The van der Waals surface area contributed by atoms with E-state index in [1.807, 2.05) is 12.1 Å². The van der Waals surface area contributed by atoms with Crippen LogP contribution in [0.15, 0.2) is 24.3 Å². The van der Waals surface area contributed by atoms with Gasteiger partial charge < -0.3 is 18.9 Å². The number of hydrogen-bond acceptors (Lipinski definition) is 7. The van der Waals surface area contributed by atoms with Gasteiger partial charge in [-0.15, -0.1) is 23.2 Å². The zero-order valence-corrected chi connectivity index (χ0v) is 20.3. The maximum Gasteiger partial charge on any atom is 0.349 e. The van der Waals surface area contributed by atoms with Crippen molar-refractivity contribution in [3.8, 4) is 5.75 Å². The van der Waals surface area contributed by atoms with Crippen molar-refractivity contribution in [1.82, 2.24) is 0 Å². The highest BCUT2D eigenvalue weighted by Crippen LogP contribution is 2.59. The third kappa shape index (κ3) is 8.51. The Balaban J connectivity index is 1.80. The van der Waals surface area contributed by atoms with Crippen LogP contribution in [0.3, 0.4) is 0 Å². The molecule has 0 bridgehead atoms. The van der Waals surface area contributed by atoms with Gasteiger partial charge in [-0.25, -0.2) is 4.79 Å². The number of hydrogen-bond donors (Lipinski definition) is 0. The summed E-state index contributed by atoms with van der Waals surface area (Å²) in [6.45, 7) is 6.19. The van der Waals surface area contributed by atoms with Gasteiger partial charge in [-0.3, -0.25) is 9.59 Å². The van der Waals surface area contributed by atoms with Crippen LogP contribution in [0, 0.1) is 0 Å². The van der Waals surface area contributed by atoms with Crippen LogP contribution in [0.5, 0.6) is 5.75 Å². The SMILES string of the molecule is CC(=O)OCCC[C@H](CCOC(=O)C(C)(C)Oc1ccc(C2CC2(Cl)Cl)cc1)OC(C)=O. The summed E-state index contributed by atoms with van der Waals surface area (Å²) in [4.78, 5) is 34.7. The zero-order valence-electron chi connectivity index (χ0n) is 18.8. The fourth-order valence-electron chi connectivity index (χ4n) is 3.16. The van der Waals surface area contributed by atoms with Crippen LogP contribution in [0.25, 0.3) is 0 Å². The third-order valence-electron chi connectivity index (χ3n) is 4.95. The van der Waals surface area contributed by atoms with Crippen LogP contribution >= 0.6 is 23.2 Å². The van der Waals surface area contributed by atoms with E-state index in [9.17, 15) is 14.4 Å². The predicted molar refractivity (Wildman–Crippen MR) is 120 cm³/mol. The van der Waals surface area contributed by atoms with Crippen molar-refractivity contribution in [3.63, 3.8) is 0 Å². The first kappa shape index (κ1) is 26.3. The second-order valence-corrected chi connectivity index (χ2v) is 9.88. The number of esters is 3. The Labute approximate surface area is 198 Å². The van der Waals surface area contributed by atoms with E-state index in [4.69, 9.17) is 42.1 Å². The summed E-state index contributed by atoms with van der Waals surface area (Å²) in [5.74, 6) is -0.691. The molecule has 1 saturated carbocycles. The third-order valence-corrected chi connectivity index (χ3v) is 5.79. The topological polar surface area (TPSA) is 88.1 Å². The van der Waals surface area contributed by atoms with Crippen LogP contribution in [-0.2, 0) is 28.6 Å². The van der Waals surface area contributed by atoms with Gasteiger partial charge in [-0.05, 0) is 50.8 Å². The molecule has 2 rings (SSSR count). The average molecular weight is 489 g/mol. The smallest absolute Gasteiger partial charge is 0.349 e. The molecule has 1 fully saturated rings. The van der Waals surface area contributed by atoms with E-state index < -0.39 is 28.0 Å². The summed E-state index contributed by atoms with van der Waals surface area (Å²) >= 11 is 12.2. The van der Waals surface area contributed by atoms with Gasteiger partial charge in [-0.1, -0.05) is 12.1 Å². The normalized spacial score (nSPS) is 17.8. The maximum absolute atomic E-state index is 12.5. The molecule has 0 spiro atoms. The highest BCUT2D eigenvalue weighted by molar-refractivity contribution is 6.51. The molecule has 2 atom stereocenters. The molecule has 0 aromatic heterocycles. The Kier molecular flexibility index (Phi) is 9.22. The van der Waals surface area contributed by atoms with Crippen molar-refractivity contribution in [3.05, 3.63) is 29.8 Å². The molecule has 178 valence electrons. The van der Waals surface area contributed by atoms with Crippen molar-refractivity contribution in [2.24, 2.45) is 0 Å². The number of carbonyl (C=O) groups excluding carboxylic acids is 3. The first-order valence-electron chi connectivity index (χ1n) is 10.6. The van der Waals surface area contributed by atoms with Crippen molar-refractivity contribution in [2.45, 2.75) is 75.3 Å². The molecule has 1 unspecified atom stereocenters. The highest BCUT2D eigenvalue weighted by atomic mass is 35.5. The molecule has 1 aliphatic rings. The lowest BCUT2D eigenvalue weighted by Crippen LogP contribution is -2.40. The second kappa shape index (κ2) is 11.2. The summed E-state index contributed by atoms with van der Waals surface area (Å²) in [6, 6.07) is 7.31. The van der Waals surface area contributed by atoms with Gasteiger partial charge in [0.15, 0.2) is 5.60 Å². The van der Waals surface area contributed by atoms with Gasteiger partial charge in [0, 0.05) is 26.2 Å². The zero-order chi connectivity index (χ0) is 23.9. The van der Waals surface area contributed by atoms with Crippen molar-refractivity contribution >= 4 is 41.1 Å². The van der Waals surface area contributed by atoms with Gasteiger partial charge >= 0.3 is 17.9 Å². The summed E-state index contributed by atoms with van der Waals surface area (Å²) in [7, 11) is 0. The molecular weight excluding hydrogens is 459 g/mol. The lowest BCUT2D eigenvalue weighted by atomic mass is 10.1. The molecule has 1 aromatic carbocycles. The fourth-order valence-corrected chi connectivity index (χ4v) is 3.72. The van der Waals surface area contributed by atoms with Crippen molar-refractivity contribution in [2.75, 3.05) is 13.2 Å². The number of rotatable bonds is 12. The predicted octanol–water partition coefficient (Wildman–Crippen LogP) is 4.71. The molecule has 1 aromatic rings. The molecule has 0 N–H and O–H groups in total. The van der Waals surface area contributed by atoms with E-state index in [2.05, 4.69) is 0 Å². The Bertz CT molecular complexity index is 805. The van der Waals surface area contributed by atoms with Crippen LogP contribution < -0.4 is 4.74 Å². The van der Waals surface area contributed by atoms with E-state index in [1.165, 1.54) is 13.8 Å².